The minimum atomic E-state index is -0.459. The van der Waals surface area contributed by atoms with Crippen molar-refractivity contribution in [2.45, 2.75) is 19.8 Å². The summed E-state index contributed by atoms with van der Waals surface area (Å²) >= 11 is 0. The average Bonchev–Trinajstić information content (AvgIpc) is 2.56. The van der Waals surface area contributed by atoms with Crippen molar-refractivity contribution in [3.63, 3.8) is 0 Å². The van der Waals surface area contributed by atoms with Gasteiger partial charge in [0.1, 0.15) is 5.69 Å². The fourth-order valence-corrected chi connectivity index (χ4v) is 1.75. The number of carbonyl (C=O) groups excluding carboxylic acids is 2. The SMILES string of the molecule is CCCCOC(=O)c1ccc(NC(=O)c2ccc(=O)[nH]n2)cc1. The summed E-state index contributed by atoms with van der Waals surface area (Å²) in [6.07, 6.45) is 1.78. The van der Waals surface area contributed by atoms with E-state index in [-0.39, 0.29) is 11.3 Å². The maximum atomic E-state index is 11.9. The second kappa shape index (κ2) is 7.88. The lowest BCUT2D eigenvalue weighted by molar-refractivity contribution is 0.0499. The van der Waals surface area contributed by atoms with Crippen LogP contribution in [0.5, 0.6) is 0 Å². The zero-order valence-corrected chi connectivity index (χ0v) is 12.7. The number of ether oxygens (including phenoxy) is 1. The zero-order chi connectivity index (χ0) is 16.7. The fourth-order valence-electron chi connectivity index (χ4n) is 1.75. The molecule has 0 unspecified atom stereocenters. The molecule has 2 aromatic rings. The first kappa shape index (κ1) is 16.4. The van der Waals surface area contributed by atoms with Crippen LogP contribution in [0.15, 0.2) is 41.2 Å². The molecule has 0 saturated carbocycles. The van der Waals surface area contributed by atoms with Gasteiger partial charge in [0.25, 0.3) is 11.5 Å². The Bertz CT molecular complexity index is 717. The lowest BCUT2D eigenvalue weighted by Gasteiger charge is -2.06. The first-order valence-electron chi connectivity index (χ1n) is 7.24. The minimum absolute atomic E-state index is 0.0904. The quantitative estimate of drug-likeness (QED) is 0.627. The van der Waals surface area contributed by atoms with Crippen molar-refractivity contribution in [2.75, 3.05) is 11.9 Å². The van der Waals surface area contributed by atoms with Gasteiger partial charge in [0, 0.05) is 11.8 Å². The van der Waals surface area contributed by atoms with Crippen LogP contribution in [0.4, 0.5) is 5.69 Å². The second-order valence-corrected chi connectivity index (χ2v) is 4.83. The molecule has 1 aromatic carbocycles. The van der Waals surface area contributed by atoms with Crippen LogP contribution in [-0.4, -0.2) is 28.7 Å². The molecule has 7 heteroatoms. The van der Waals surface area contributed by atoms with Gasteiger partial charge in [0.05, 0.1) is 12.2 Å². The highest BCUT2D eigenvalue weighted by atomic mass is 16.5. The van der Waals surface area contributed by atoms with Gasteiger partial charge in [-0.05, 0) is 36.8 Å². The molecule has 0 spiro atoms. The molecular weight excluding hydrogens is 298 g/mol. The summed E-state index contributed by atoms with van der Waals surface area (Å²) < 4.78 is 5.10. The number of benzene rings is 1. The van der Waals surface area contributed by atoms with E-state index in [1.807, 2.05) is 6.92 Å². The Labute approximate surface area is 132 Å². The number of rotatable bonds is 6. The molecule has 0 aliphatic carbocycles. The number of carbonyl (C=O) groups is 2. The van der Waals surface area contributed by atoms with Gasteiger partial charge in [0.15, 0.2) is 0 Å². The largest absolute Gasteiger partial charge is 0.462 e. The molecule has 0 saturated heterocycles. The van der Waals surface area contributed by atoms with Gasteiger partial charge in [-0.15, -0.1) is 0 Å². The molecule has 23 heavy (non-hydrogen) atoms. The van der Waals surface area contributed by atoms with Gasteiger partial charge in [-0.1, -0.05) is 13.3 Å². The highest BCUT2D eigenvalue weighted by Crippen LogP contribution is 2.11. The molecule has 0 fully saturated rings. The molecule has 7 nitrogen and oxygen atoms in total. The molecule has 0 bridgehead atoms. The first-order valence-corrected chi connectivity index (χ1v) is 7.24. The number of hydrogen-bond acceptors (Lipinski definition) is 5. The summed E-state index contributed by atoms with van der Waals surface area (Å²) in [6, 6.07) is 8.89. The molecule has 1 heterocycles. The Morgan fingerprint density at radius 3 is 2.52 bits per heavy atom. The minimum Gasteiger partial charge on any atom is -0.462 e. The van der Waals surface area contributed by atoms with Crippen molar-refractivity contribution in [1.29, 1.82) is 0 Å². The number of aromatic nitrogens is 2. The van der Waals surface area contributed by atoms with E-state index >= 15 is 0 Å². The smallest absolute Gasteiger partial charge is 0.338 e. The Kier molecular flexibility index (Phi) is 5.62. The maximum absolute atomic E-state index is 11.9. The van der Waals surface area contributed by atoms with E-state index in [4.69, 9.17) is 4.74 Å². The number of hydrogen-bond donors (Lipinski definition) is 2. The van der Waals surface area contributed by atoms with Crippen LogP contribution >= 0.6 is 0 Å². The summed E-state index contributed by atoms with van der Waals surface area (Å²) in [6.45, 7) is 2.41. The van der Waals surface area contributed by atoms with Gasteiger partial charge in [0.2, 0.25) is 0 Å². The van der Waals surface area contributed by atoms with Crippen molar-refractivity contribution in [2.24, 2.45) is 0 Å². The third kappa shape index (κ3) is 4.77. The van der Waals surface area contributed by atoms with E-state index in [0.717, 1.165) is 12.8 Å². The number of esters is 1. The fraction of sp³-hybridized carbons (Fsp3) is 0.250. The zero-order valence-electron chi connectivity index (χ0n) is 12.7. The van der Waals surface area contributed by atoms with E-state index in [0.29, 0.717) is 17.9 Å². The molecule has 0 aliphatic rings. The lowest BCUT2D eigenvalue weighted by atomic mass is 10.2. The van der Waals surface area contributed by atoms with Crippen molar-refractivity contribution in [3.05, 3.63) is 58.0 Å². The Morgan fingerprint density at radius 1 is 1.17 bits per heavy atom. The van der Waals surface area contributed by atoms with Crippen LogP contribution < -0.4 is 10.9 Å². The molecule has 120 valence electrons. The van der Waals surface area contributed by atoms with E-state index in [1.165, 1.54) is 12.1 Å². The summed E-state index contributed by atoms with van der Waals surface area (Å²) in [7, 11) is 0. The standard InChI is InChI=1S/C16H17N3O4/c1-2-3-10-23-16(22)11-4-6-12(7-5-11)17-15(21)13-8-9-14(20)19-18-13/h4-9H,2-3,10H2,1H3,(H,17,21)(H,19,20). The van der Waals surface area contributed by atoms with Gasteiger partial charge < -0.3 is 10.1 Å². The summed E-state index contributed by atoms with van der Waals surface area (Å²) in [5, 5.41) is 8.45. The molecular formula is C16H17N3O4. The van der Waals surface area contributed by atoms with E-state index in [9.17, 15) is 14.4 Å². The van der Waals surface area contributed by atoms with Gasteiger partial charge in [-0.25, -0.2) is 9.89 Å². The number of H-pyrrole nitrogens is 1. The predicted molar refractivity (Wildman–Crippen MR) is 84.4 cm³/mol. The van der Waals surface area contributed by atoms with Crippen LogP contribution in [0.1, 0.15) is 40.6 Å². The average molecular weight is 315 g/mol. The summed E-state index contributed by atoms with van der Waals surface area (Å²) in [5.41, 5.74) is 0.634. The summed E-state index contributed by atoms with van der Waals surface area (Å²) in [5.74, 6) is -0.849. The number of anilines is 1. The van der Waals surface area contributed by atoms with E-state index < -0.39 is 11.9 Å². The number of amides is 1. The van der Waals surface area contributed by atoms with E-state index in [1.54, 1.807) is 24.3 Å². The number of aromatic amines is 1. The molecule has 0 atom stereocenters. The summed E-state index contributed by atoms with van der Waals surface area (Å²) in [4.78, 5) is 34.6. The molecule has 0 radical (unpaired) electrons. The lowest BCUT2D eigenvalue weighted by Crippen LogP contribution is -2.17. The van der Waals surface area contributed by atoms with Crippen LogP contribution in [0.25, 0.3) is 0 Å². The van der Waals surface area contributed by atoms with Crippen molar-refractivity contribution < 1.29 is 14.3 Å². The highest BCUT2D eigenvalue weighted by Gasteiger charge is 2.10. The van der Waals surface area contributed by atoms with E-state index in [2.05, 4.69) is 15.5 Å². The molecule has 0 aliphatic heterocycles. The molecule has 1 amide bonds. The van der Waals surface area contributed by atoms with Crippen LogP contribution in [0.2, 0.25) is 0 Å². The molecule has 1 aromatic heterocycles. The van der Waals surface area contributed by atoms with Crippen LogP contribution in [0.3, 0.4) is 0 Å². The van der Waals surface area contributed by atoms with Gasteiger partial charge in [-0.3, -0.25) is 9.59 Å². The number of nitrogens with zero attached hydrogens (tertiary/aromatic N) is 1. The second-order valence-electron chi connectivity index (χ2n) is 4.83. The normalized spacial score (nSPS) is 10.1. The topological polar surface area (TPSA) is 101 Å². The Balaban J connectivity index is 1.96. The Hall–Kier alpha value is -2.96. The number of unbranched alkanes of at least 4 members (excludes halogenated alkanes) is 1. The molecule has 2 rings (SSSR count). The van der Waals surface area contributed by atoms with Crippen LogP contribution in [0, 0.1) is 0 Å². The first-order chi connectivity index (χ1) is 11.1. The van der Waals surface area contributed by atoms with Crippen molar-refractivity contribution in [3.8, 4) is 0 Å². The maximum Gasteiger partial charge on any atom is 0.338 e. The monoisotopic (exact) mass is 315 g/mol. The predicted octanol–water partition coefficient (Wildman–Crippen LogP) is 1.98. The van der Waals surface area contributed by atoms with Crippen molar-refractivity contribution in [1.82, 2.24) is 10.2 Å². The highest BCUT2D eigenvalue weighted by molar-refractivity contribution is 6.03. The third-order valence-corrected chi connectivity index (χ3v) is 3.02. The number of nitrogens with one attached hydrogen (secondary N) is 2. The van der Waals surface area contributed by atoms with Gasteiger partial charge >= 0.3 is 5.97 Å². The van der Waals surface area contributed by atoms with Crippen molar-refractivity contribution >= 4 is 17.6 Å². The van der Waals surface area contributed by atoms with Crippen LogP contribution in [-0.2, 0) is 4.74 Å². The third-order valence-electron chi connectivity index (χ3n) is 3.02. The Morgan fingerprint density at radius 2 is 1.91 bits per heavy atom. The van der Waals surface area contributed by atoms with Gasteiger partial charge in [-0.2, -0.15) is 5.10 Å². The molecule has 2 N–H and O–H groups in total.